The van der Waals surface area contributed by atoms with Crippen molar-refractivity contribution in [1.29, 1.82) is 0 Å². The summed E-state index contributed by atoms with van der Waals surface area (Å²) < 4.78 is 16.7. The van der Waals surface area contributed by atoms with E-state index in [2.05, 4.69) is 9.97 Å². The minimum Gasteiger partial charge on any atom is -0.493 e. The van der Waals surface area contributed by atoms with Gasteiger partial charge in [-0.25, -0.2) is 4.98 Å². The molecule has 0 aliphatic heterocycles. The summed E-state index contributed by atoms with van der Waals surface area (Å²) >= 11 is 0. The molecule has 2 aromatic heterocycles. The first-order chi connectivity index (χ1) is 14.2. The van der Waals surface area contributed by atoms with Gasteiger partial charge in [0, 0.05) is 40.7 Å². The summed E-state index contributed by atoms with van der Waals surface area (Å²) in [5, 5.41) is 1.01. The summed E-state index contributed by atoms with van der Waals surface area (Å²) in [5.74, 6) is 2.11. The van der Waals surface area contributed by atoms with E-state index in [1.165, 1.54) is 0 Å². The van der Waals surface area contributed by atoms with Gasteiger partial charge < -0.3 is 24.9 Å². The molecule has 0 spiro atoms. The van der Waals surface area contributed by atoms with Gasteiger partial charge in [-0.1, -0.05) is 6.07 Å². The minimum atomic E-state index is 0.556. The second-order valence-electron chi connectivity index (χ2n) is 6.54. The number of nitrogens with two attached hydrogens (primary N) is 1. The van der Waals surface area contributed by atoms with Gasteiger partial charge in [-0.3, -0.25) is 0 Å². The molecule has 0 bridgehead atoms. The maximum Gasteiger partial charge on any atom is 0.161 e. The molecule has 0 aliphatic rings. The Hall–Kier alpha value is -3.67. The largest absolute Gasteiger partial charge is 0.493 e. The molecular formula is C23H23N3O3. The summed E-state index contributed by atoms with van der Waals surface area (Å²) in [6, 6.07) is 13.6. The van der Waals surface area contributed by atoms with E-state index in [1.807, 2.05) is 55.6 Å². The van der Waals surface area contributed by atoms with Gasteiger partial charge in [-0.05, 0) is 48.4 Å². The summed E-state index contributed by atoms with van der Waals surface area (Å²) in [6.07, 6.45) is 3.75. The number of pyridine rings is 1. The lowest BCUT2D eigenvalue weighted by atomic mass is 9.97. The van der Waals surface area contributed by atoms with E-state index in [0.717, 1.165) is 39.0 Å². The van der Waals surface area contributed by atoms with Crippen molar-refractivity contribution in [1.82, 2.24) is 9.97 Å². The number of ether oxygens (including phenoxy) is 3. The molecule has 2 heterocycles. The number of anilines is 1. The number of hydrogen-bond acceptors (Lipinski definition) is 5. The molecule has 4 aromatic rings. The maximum atomic E-state index is 5.98. The molecule has 0 fully saturated rings. The monoisotopic (exact) mass is 389 g/mol. The van der Waals surface area contributed by atoms with Crippen molar-refractivity contribution in [3.8, 4) is 39.5 Å². The molecule has 0 radical (unpaired) electrons. The highest BCUT2D eigenvalue weighted by Crippen LogP contribution is 2.41. The van der Waals surface area contributed by atoms with Gasteiger partial charge in [0.2, 0.25) is 0 Å². The van der Waals surface area contributed by atoms with Crippen molar-refractivity contribution >= 4 is 16.7 Å². The number of nitrogen functional groups attached to an aromatic ring is 1. The molecule has 29 heavy (non-hydrogen) atoms. The average molecular weight is 389 g/mol. The van der Waals surface area contributed by atoms with Crippen LogP contribution in [0.1, 0.15) is 6.92 Å². The Morgan fingerprint density at radius 2 is 1.72 bits per heavy atom. The first kappa shape index (κ1) is 18.7. The van der Waals surface area contributed by atoms with E-state index in [1.54, 1.807) is 20.4 Å². The number of hydrogen-bond donors (Lipinski definition) is 2. The Bertz CT molecular complexity index is 1170. The molecule has 0 amide bonds. The molecule has 0 aliphatic carbocycles. The Morgan fingerprint density at radius 3 is 2.48 bits per heavy atom. The fourth-order valence-corrected chi connectivity index (χ4v) is 3.55. The van der Waals surface area contributed by atoms with Crippen molar-refractivity contribution in [3.05, 3.63) is 54.9 Å². The first-order valence-electron chi connectivity index (χ1n) is 9.37. The third kappa shape index (κ3) is 3.33. The highest BCUT2D eigenvalue weighted by Gasteiger charge is 2.17. The topological polar surface area (TPSA) is 82.4 Å². The molecule has 0 atom stereocenters. The number of methoxy groups -OCH3 is 2. The van der Waals surface area contributed by atoms with E-state index in [4.69, 9.17) is 19.9 Å². The third-order valence-corrected chi connectivity index (χ3v) is 4.86. The van der Waals surface area contributed by atoms with Gasteiger partial charge in [-0.15, -0.1) is 0 Å². The highest BCUT2D eigenvalue weighted by atomic mass is 16.5. The van der Waals surface area contributed by atoms with E-state index >= 15 is 0 Å². The number of nitrogens with zero attached hydrogens (tertiary/aromatic N) is 1. The van der Waals surface area contributed by atoms with Crippen LogP contribution in [-0.2, 0) is 0 Å². The van der Waals surface area contributed by atoms with Crippen molar-refractivity contribution < 1.29 is 14.2 Å². The van der Waals surface area contributed by atoms with Gasteiger partial charge in [-0.2, -0.15) is 0 Å². The van der Waals surface area contributed by atoms with E-state index < -0.39 is 0 Å². The van der Waals surface area contributed by atoms with Crippen LogP contribution < -0.4 is 19.9 Å². The summed E-state index contributed by atoms with van der Waals surface area (Å²) in [7, 11) is 3.26. The van der Waals surface area contributed by atoms with Crippen LogP contribution in [0.2, 0.25) is 0 Å². The number of benzene rings is 2. The second kappa shape index (κ2) is 7.75. The first-order valence-corrected chi connectivity index (χ1v) is 9.37. The van der Waals surface area contributed by atoms with Crippen molar-refractivity contribution in [2.75, 3.05) is 26.6 Å². The average Bonchev–Trinajstić information content (AvgIpc) is 3.18. The van der Waals surface area contributed by atoms with Crippen molar-refractivity contribution in [2.45, 2.75) is 6.92 Å². The van der Waals surface area contributed by atoms with Crippen LogP contribution in [0.4, 0.5) is 5.69 Å². The normalized spacial score (nSPS) is 10.9. The Balaban J connectivity index is 1.95. The van der Waals surface area contributed by atoms with Crippen LogP contribution in [-0.4, -0.2) is 30.8 Å². The molecule has 0 unspecified atom stereocenters. The van der Waals surface area contributed by atoms with E-state index in [9.17, 15) is 0 Å². The van der Waals surface area contributed by atoms with Crippen molar-refractivity contribution in [3.63, 3.8) is 0 Å². The number of fused-ring (bicyclic) bond motifs is 1. The van der Waals surface area contributed by atoms with Crippen LogP contribution in [0, 0.1) is 0 Å². The zero-order valence-electron chi connectivity index (χ0n) is 16.7. The predicted octanol–water partition coefficient (Wildman–Crippen LogP) is 4.90. The Morgan fingerprint density at radius 1 is 0.897 bits per heavy atom. The molecule has 3 N–H and O–H groups in total. The summed E-state index contributed by atoms with van der Waals surface area (Å²) in [5.41, 5.74) is 11.4. The van der Waals surface area contributed by atoms with Gasteiger partial charge in [0.25, 0.3) is 0 Å². The molecule has 6 nitrogen and oxygen atoms in total. The lowest BCUT2D eigenvalue weighted by molar-refractivity contribution is 0.342. The van der Waals surface area contributed by atoms with Gasteiger partial charge in [0.15, 0.2) is 11.5 Å². The molecule has 0 saturated carbocycles. The lowest BCUT2D eigenvalue weighted by Gasteiger charge is -2.13. The van der Waals surface area contributed by atoms with Crippen molar-refractivity contribution in [2.24, 2.45) is 0 Å². The Labute approximate surface area is 169 Å². The summed E-state index contributed by atoms with van der Waals surface area (Å²) in [6.45, 7) is 2.51. The molecule has 0 saturated heterocycles. The maximum absolute atomic E-state index is 5.98. The van der Waals surface area contributed by atoms with Gasteiger partial charge >= 0.3 is 0 Å². The Kier molecular flexibility index (Phi) is 4.99. The highest BCUT2D eigenvalue weighted by molar-refractivity contribution is 6.05. The van der Waals surface area contributed by atoms with Crippen LogP contribution in [0.5, 0.6) is 17.2 Å². The lowest BCUT2D eigenvalue weighted by Crippen LogP contribution is -1.96. The number of H-pyrrole nitrogens is 1. The molecule has 4 rings (SSSR count). The zero-order chi connectivity index (χ0) is 20.4. The number of aromatic amines is 1. The third-order valence-electron chi connectivity index (χ3n) is 4.86. The number of nitrogens with one attached hydrogen (secondary N) is 1. The van der Waals surface area contributed by atoms with E-state index in [0.29, 0.717) is 23.8 Å². The van der Waals surface area contributed by atoms with Gasteiger partial charge in [0.05, 0.1) is 20.8 Å². The molecule has 6 heteroatoms. The van der Waals surface area contributed by atoms with Crippen LogP contribution >= 0.6 is 0 Å². The van der Waals surface area contributed by atoms with Crippen LogP contribution in [0.25, 0.3) is 33.3 Å². The second-order valence-corrected chi connectivity index (χ2v) is 6.54. The smallest absolute Gasteiger partial charge is 0.161 e. The fourth-order valence-electron chi connectivity index (χ4n) is 3.55. The van der Waals surface area contributed by atoms with E-state index in [-0.39, 0.29) is 0 Å². The molecular weight excluding hydrogens is 366 g/mol. The number of aromatic nitrogens is 2. The van der Waals surface area contributed by atoms with Gasteiger partial charge in [0.1, 0.15) is 11.4 Å². The van der Waals surface area contributed by atoms with Crippen LogP contribution in [0.3, 0.4) is 0 Å². The fraction of sp³-hybridized carbons (Fsp3) is 0.174. The molecule has 2 aromatic carbocycles. The minimum absolute atomic E-state index is 0.556. The summed E-state index contributed by atoms with van der Waals surface area (Å²) in [4.78, 5) is 7.78. The predicted molar refractivity (Wildman–Crippen MR) is 116 cm³/mol. The standard InChI is InChI=1S/C23H23N3O3/c1-4-29-20-12-15(24)6-7-16(20)17-9-10-25-23-22(17)18(13-26-23)14-5-8-19(27-2)21(11-14)28-3/h5-13H,4,24H2,1-3H3,(H,25,26). The quantitative estimate of drug-likeness (QED) is 0.459. The molecule has 148 valence electrons. The zero-order valence-corrected chi connectivity index (χ0v) is 16.7. The van der Waals surface area contributed by atoms with Crippen LogP contribution in [0.15, 0.2) is 54.9 Å². The number of rotatable bonds is 6. The SMILES string of the molecule is CCOc1cc(N)ccc1-c1ccnc2[nH]cc(-c3ccc(OC)c(OC)c3)c12.